The molecular weight excluding hydrogens is 250 g/mol. The van der Waals surface area contributed by atoms with Crippen molar-refractivity contribution in [1.82, 2.24) is 9.80 Å². The van der Waals surface area contributed by atoms with Gasteiger partial charge in [-0.15, -0.1) is 0 Å². The number of hydrogen-bond acceptors (Lipinski definition) is 3. The summed E-state index contributed by atoms with van der Waals surface area (Å²) in [7, 11) is 4.17. The summed E-state index contributed by atoms with van der Waals surface area (Å²) in [6, 6.07) is 6.59. The highest BCUT2D eigenvalue weighted by molar-refractivity contribution is 5.95. The SMILES string of the molecule is CN(C)C1CCN(C(=O)c2ccc3c(c2)CCCN3)C1. The van der Waals surface area contributed by atoms with Gasteiger partial charge in [-0.2, -0.15) is 0 Å². The Balaban J connectivity index is 1.74. The average Bonchev–Trinajstić information content (AvgIpc) is 2.96. The molecule has 20 heavy (non-hydrogen) atoms. The highest BCUT2D eigenvalue weighted by Gasteiger charge is 2.28. The van der Waals surface area contributed by atoms with E-state index in [0.29, 0.717) is 6.04 Å². The van der Waals surface area contributed by atoms with Gasteiger partial charge in [0, 0.05) is 36.9 Å². The molecule has 2 heterocycles. The Hall–Kier alpha value is -1.55. The number of anilines is 1. The molecule has 0 saturated carbocycles. The van der Waals surface area contributed by atoms with Crippen molar-refractivity contribution in [3.8, 4) is 0 Å². The summed E-state index contributed by atoms with van der Waals surface area (Å²) in [5.41, 5.74) is 3.32. The summed E-state index contributed by atoms with van der Waals surface area (Å²) in [6.07, 6.45) is 3.30. The summed E-state index contributed by atoms with van der Waals surface area (Å²) >= 11 is 0. The second-order valence-corrected chi connectivity index (χ2v) is 6.06. The molecule has 2 aliphatic rings. The molecule has 1 N–H and O–H groups in total. The van der Waals surface area contributed by atoms with Gasteiger partial charge in [0.2, 0.25) is 0 Å². The number of fused-ring (bicyclic) bond motifs is 1. The van der Waals surface area contributed by atoms with Crippen LogP contribution in [0.15, 0.2) is 18.2 Å². The van der Waals surface area contributed by atoms with Gasteiger partial charge in [-0.3, -0.25) is 4.79 Å². The number of carbonyl (C=O) groups excluding carboxylic acids is 1. The van der Waals surface area contributed by atoms with Crippen LogP contribution in [-0.4, -0.2) is 55.5 Å². The standard InChI is InChI=1S/C16H23N3O/c1-18(2)14-7-9-19(11-14)16(20)13-5-6-15-12(10-13)4-3-8-17-15/h5-6,10,14,17H,3-4,7-9,11H2,1-2H3. The van der Waals surface area contributed by atoms with E-state index in [9.17, 15) is 4.79 Å². The Kier molecular flexibility index (Phi) is 3.66. The predicted octanol–water partition coefficient (Wildman–Crippen LogP) is 1.82. The lowest BCUT2D eigenvalue weighted by atomic mass is 10.0. The molecule has 1 atom stereocenters. The number of rotatable bonds is 2. The van der Waals surface area contributed by atoms with E-state index in [1.807, 2.05) is 11.0 Å². The zero-order valence-corrected chi connectivity index (χ0v) is 12.4. The van der Waals surface area contributed by atoms with Gasteiger partial charge >= 0.3 is 0 Å². The molecule has 1 saturated heterocycles. The summed E-state index contributed by atoms with van der Waals surface area (Å²) < 4.78 is 0. The molecule has 108 valence electrons. The first-order valence-electron chi connectivity index (χ1n) is 7.47. The minimum absolute atomic E-state index is 0.183. The van der Waals surface area contributed by atoms with E-state index >= 15 is 0 Å². The van der Waals surface area contributed by atoms with Crippen LogP contribution < -0.4 is 5.32 Å². The van der Waals surface area contributed by atoms with Crippen LogP contribution >= 0.6 is 0 Å². The molecule has 3 rings (SSSR count). The minimum Gasteiger partial charge on any atom is -0.385 e. The van der Waals surface area contributed by atoms with E-state index in [4.69, 9.17) is 0 Å². The molecule has 2 aliphatic heterocycles. The van der Waals surface area contributed by atoms with Gasteiger partial charge in [0.25, 0.3) is 5.91 Å². The number of hydrogen-bond donors (Lipinski definition) is 1. The summed E-state index contributed by atoms with van der Waals surface area (Å²) in [6.45, 7) is 2.76. The lowest BCUT2D eigenvalue weighted by Crippen LogP contribution is -2.34. The van der Waals surface area contributed by atoms with E-state index in [0.717, 1.165) is 44.5 Å². The third kappa shape index (κ3) is 2.52. The normalized spacial score (nSPS) is 21.8. The van der Waals surface area contributed by atoms with Crippen LogP contribution in [-0.2, 0) is 6.42 Å². The van der Waals surface area contributed by atoms with Gasteiger partial charge in [-0.25, -0.2) is 0 Å². The van der Waals surface area contributed by atoms with Crippen LogP contribution in [0.25, 0.3) is 0 Å². The third-order valence-corrected chi connectivity index (χ3v) is 4.47. The third-order valence-electron chi connectivity index (χ3n) is 4.47. The quantitative estimate of drug-likeness (QED) is 0.893. The van der Waals surface area contributed by atoms with Gasteiger partial charge in [0.15, 0.2) is 0 Å². The van der Waals surface area contributed by atoms with E-state index < -0.39 is 0 Å². The largest absolute Gasteiger partial charge is 0.385 e. The Morgan fingerprint density at radius 3 is 3.00 bits per heavy atom. The Bertz CT molecular complexity index is 512. The molecule has 0 spiro atoms. The molecule has 1 fully saturated rings. The van der Waals surface area contributed by atoms with E-state index in [1.54, 1.807) is 0 Å². The number of likely N-dealkylation sites (tertiary alicyclic amines) is 1. The summed E-state index contributed by atoms with van der Waals surface area (Å²) in [5, 5.41) is 3.39. The van der Waals surface area contributed by atoms with Crippen LogP contribution in [0.5, 0.6) is 0 Å². The molecule has 0 aliphatic carbocycles. The minimum atomic E-state index is 0.183. The van der Waals surface area contributed by atoms with Crippen molar-refractivity contribution >= 4 is 11.6 Å². The highest BCUT2D eigenvalue weighted by Crippen LogP contribution is 2.24. The first-order chi connectivity index (χ1) is 9.65. The van der Waals surface area contributed by atoms with Crippen LogP contribution in [0.3, 0.4) is 0 Å². The van der Waals surface area contributed by atoms with Crippen molar-refractivity contribution in [3.63, 3.8) is 0 Å². The van der Waals surface area contributed by atoms with Crippen molar-refractivity contribution in [3.05, 3.63) is 29.3 Å². The Labute approximate surface area is 120 Å². The van der Waals surface area contributed by atoms with E-state index in [-0.39, 0.29) is 5.91 Å². The molecule has 1 unspecified atom stereocenters. The molecule has 0 bridgehead atoms. The van der Waals surface area contributed by atoms with Crippen molar-refractivity contribution in [2.75, 3.05) is 39.0 Å². The molecule has 1 aromatic rings. The molecule has 4 nitrogen and oxygen atoms in total. The van der Waals surface area contributed by atoms with Crippen LogP contribution in [0, 0.1) is 0 Å². The second kappa shape index (κ2) is 5.44. The van der Waals surface area contributed by atoms with Crippen LogP contribution in [0.1, 0.15) is 28.8 Å². The first kappa shape index (κ1) is 13.4. The van der Waals surface area contributed by atoms with Crippen molar-refractivity contribution < 1.29 is 4.79 Å². The second-order valence-electron chi connectivity index (χ2n) is 6.06. The lowest BCUT2D eigenvalue weighted by Gasteiger charge is -2.22. The smallest absolute Gasteiger partial charge is 0.253 e. The number of nitrogens with one attached hydrogen (secondary N) is 1. The van der Waals surface area contributed by atoms with Crippen molar-refractivity contribution in [2.24, 2.45) is 0 Å². The summed E-state index contributed by atoms with van der Waals surface area (Å²) in [5.74, 6) is 0.183. The number of aryl methyl sites for hydroxylation is 1. The van der Waals surface area contributed by atoms with Crippen molar-refractivity contribution in [1.29, 1.82) is 0 Å². The number of carbonyl (C=O) groups is 1. The topological polar surface area (TPSA) is 35.6 Å². The van der Waals surface area contributed by atoms with E-state index in [2.05, 4.69) is 36.4 Å². The maximum atomic E-state index is 12.6. The fourth-order valence-corrected chi connectivity index (χ4v) is 3.14. The maximum absolute atomic E-state index is 12.6. The van der Waals surface area contributed by atoms with Crippen molar-refractivity contribution in [2.45, 2.75) is 25.3 Å². The lowest BCUT2D eigenvalue weighted by molar-refractivity contribution is 0.0783. The molecule has 4 heteroatoms. The number of benzene rings is 1. The van der Waals surface area contributed by atoms with Gasteiger partial charge < -0.3 is 15.1 Å². The molecule has 1 amide bonds. The maximum Gasteiger partial charge on any atom is 0.253 e. The van der Waals surface area contributed by atoms with Gasteiger partial charge in [0.1, 0.15) is 0 Å². The number of likely N-dealkylation sites (N-methyl/N-ethyl adjacent to an activating group) is 1. The predicted molar refractivity (Wildman–Crippen MR) is 81.2 cm³/mol. The van der Waals surface area contributed by atoms with Gasteiger partial charge in [0.05, 0.1) is 0 Å². The Morgan fingerprint density at radius 1 is 1.40 bits per heavy atom. The number of nitrogens with zero attached hydrogens (tertiary/aromatic N) is 2. The zero-order valence-electron chi connectivity index (χ0n) is 12.4. The van der Waals surface area contributed by atoms with Gasteiger partial charge in [-0.05, 0) is 57.1 Å². The molecule has 0 radical (unpaired) electrons. The van der Waals surface area contributed by atoms with Crippen LogP contribution in [0.2, 0.25) is 0 Å². The zero-order chi connectivity index (χ0) is 14.1. The molecule has 0 aromatic heterocycles. The highest BCUT2D eigenvalue weighted by atomic mass is 16.2. The number of amides is 1. The van der Waals surface area contributed by atoms with Crippen LogP contribution in [0.4, 0.5) is 5.69 Å². The fraction of sp³-hybridized carbons (Fsp3) is 0.562. The Morgan fingerprint density at radius 2 is 2.25 bits per heavy atom. The average molecular weight is 273 g/mol. The molecular formula is C16H23N3O. The monoisotopic (exact) mass is 273 g/mol. The summed E-state index contributed by atoms with van der Waals surface area (Å²) in [4.78, 5) is 16.8. The first-order valence-corrected chi connectivity index (χ1v) is 7.47. The fourth-order valence-electron chi connectivity index (χ4n) is 3.14. The molecule has 1 aromatic carbocycles. The van der Waals surface area contributed by atoms with E-state index in [1.165, 1.54) is 11.3 Å². The van der Waals surface area contributed by atoms with Gasteiger partial charge in [-0.1, -0.05) is 0 Å².